The maximum Gasteiger partial charge on any atom is 0.0313 e. The van der Waals surface area contributed by atoms with Crippen LogP contribution in [-0.2, 0) is 13.0 Å². The van der Waals surface area contributed by atoms with Crippen LogP contribution in [0.4, 0.5) is 0 Å². The van der Waals surface area contributed by atoms with Gasteiger partial charge in [-0.05, 0) is 25.5 Å². The van der Waals surface area contributed by atoms with E-state index in [2.05, 4.69) is 43.2 Å². The minimum absolute atomic E-state index is 0.919. The van der Waals surface area contributed by atoms with Crippen LogP contribution in [-0.4, -0.2) is 10.3 Å². The molecule has 0 saturated heterocycles. The lowest BCUT2D eigenvalue weighted by atomic mass is 10.3. The van der Waals surface area contributed by atoms with Crippen molar-refractivity contribution in [2.24, 2.45) is 0 Å². The van der Waals surface area contributed by atoms with E-state index in [4.69, 9.17) is 0 Å². The van der Waals surface area contributed by atoms with Gasteiger partial charge in [0.2, 0.25) is 0 Å². The fraction of sp³-hybridized carbons (Fsp3) is 0.556. The van der Waals surface area contributed by atoms with E-state index in [1.54, 1.807) is 0 Å². The summed E-state index contributed by atoms with van der Waals surface area (Å²) in [5.41, 5.74) is 2.76. The molecule has 0 spiro atoms. The first-order chi connectivity index (χ1) is 5.29. The Kier molecular flexibility index (Phi) is 3.06. The molecule has 1 aromatic rings. The fourth-order valence-corrected chi connectivity index (χ4v) is 1.55. The Labute approximate surface area is 73.8 Å². The van der Waals surface area contributed by atoms with E-state index < -0.39 is 0 Å². The molecule has 0 atom stereocenters. The lowest BCUT2D eigenvalue weighted by Gasteiger charge is -2.07. The summed E-state index contributed by atoms with van der Waals surface area (Å²) in [5, 5.41) is 0. The van der Waals surface area contributed by atoms with Gasteiger partial charge in [-0.3, -0.25) is 0 Å². The van der Waals surface area contributed by atoms with Crippen LogP contribution in [0.3, 0.4) is 0 Å². The van der Waals surface area contributed by atoms with E-state index in [1.807, 2.05) is 0 Å². The summed E-state index contributed by atoms with van der Waals surface area (Å²) in [6.07, 6.45) is 1.11. The van der Waals surface area contributed by atoms with Crippen LogP contribution in [0.5, 0.6) is 0 Å². The summed E-state index contributed by atoms with van der Waals surface area (Å²) in [6, 6.07) is 4.36. The van der Waals surface area contributed by atoms with Crippen LogP contribution >= 0.6 is 12.6 Å². The Hall–Kier alpha value is -0.370. The van der Waals surface area contributed by atoms with Gasteiger partial charge in [-0.25, -0.2) is 0 Å². The second-order valence-corrected chi connectivity index (χ2v) is 3.14. The van der Waals surface area contributed by atoms with Crippen molar-refractivity contribution < 1.29 is 0 Å². The Bertz CT molecular complexity index is 227. The molecule has 0 unspecified atom stereocenters. The average Bonchev–Trinajstić information content (AvgIpc) is 2.34. The van der Waals surface area contributed by atoms with Crippen LogP contribution < -0.4 is 0 Å². The molecule has 0 aliphatic carbocycles. The molecule has 2 heteroatoms. The third kappa shape index (κ3) is 1.80. The zero-order chi connectivity index (χ0) is 8.27. The third-order valence-electron chi connectivity index (χ3n) is 1.98. The van der Waals surface area contributed by atoms with Crippen molar-refractivity contribution in [3.63, 3.8) is 0 Å². The van der Waals surface area contributed by atoms with E-state index in [-0.39, 0.29) is 0 Å². The molecular formula is C9H15NS. The van der Waals surface area contributed by atoms with Gasteiger partial charge in [0.15, 0.2) is 0 Å². The number of hydrogen-bond acceptors (Lipinski definition) is 1. The highest BCUT2D eigenvalue weighted by Crippen LogP contribution is 2.08. The number of thiol groups is 1. The van der Waals surface area contributed by atoms with Crippen LogP contribution in [0, 0.1) is 6.92 Å². The van der Waals surface area contributed by atoms with Crippen molar-refractivity contribution in [1.29, 1.82) is 0 Å². The highest BCUT2D eigenvalue weighted by molar-refractivity contribution is 7.80. The molecule has 0 N–H and O–H groups in total. The smallest absolute Gasteiger partial charge is 0.0313 e. The molecule has 1 nitrogen and oxygen atoms in total. The predicted octanol–water partition coefficient (Wildman–Crippen LogP) is 2.29. The molecule has 0 aliphatic rings. The first-order valence-corrected chi connectivity index (χ1v) is 4.68. The van der Waals surface area contributed by atoms with Gasteiger partial charge < -0.3 is 4.57 Å². The van der Waals surface area contributed by atoms with Gasteiger partial charge in [-0.15, -0.1) is 0 Å². The Morgan fingerprint density at radius 3 is 2.73 bits per heavy atom. The minimum Gasteiger partial charge on any atom is -0.348 e. The topological polar surface area (TPSA) is 4.93 Å². The van der Waals surface area contributed by atoms with Gasteiger partial charge in [-0.1, -0.05) is 6.92 Å². The molecule has 0 radical (unpaired) electrons. The first kappa shape index (κ1) is 8.72. The molecule has 0 aliphatic heterocycles. The molecule has 0 saturated carbocycles. The number of hydrogen-bond donors (Lipinski definition) is 1. The first-order valence-electron chi connectivity index (χ1n) is 4.05. The zero-order valence-electron chi connectivity index (χ0n) is 7.17. The predicted molar refractivity (Wildman–Crippen MR) is 52.4 cm³/mol. The Balaban J connectivity index is 2.88. The lowest BCUT2D eigenvalue weighted by Crippen LogP contribution is -2.04. The Morgan fingerprint density at radius 1 is 1.45 bits per heavy atom. The van der Waals surface area contributed by atoms with Gasteiger partial charge in [0, 0.05) is 23.7 Å². The summed E-state index contributed by atoms with van der Waals surface area (Å²) in [6.45, 7) is 5.36. The number of aryl methyl sites for hydroxylation is 2. The standard InChI is InChI=1S/C9H15NS/c1-3-9-5-4-8(2)10(9)6-7-11/h4-5,11H,3,6-7H2,1-2H3. The van der Waals surface area contributed by atoms with E-state index >= 15 is 0 Å². The van der Waals surface area contributed by atoms with Gasteiger partial charge in [0.1, 0.15) is 0 Å². The fourth-order valence-electron chi connectivity index (χ4n) is 1.35. The zero-order valence-corrected chi connectivity index (χ0v) is 8.06. The van der Waals surface area contributed by atoms with Crippen molar-refractivity contribution in [3.8, 4) is 0 Å². The molecule has 1 rings (SSSR count). The van der Waals surface area contributed by atoms with E-state index in [1.165, 1.54) is 11.4 Å². The monoisotopic (exact) mass is 169 g/mol. The summed E-state index contributed by atoms with van der Waals surface area (Å²) in [5.74, 6) is 0.919. The van der Waals surface area contributed by atoms with Gasteiger partial charge in [0.05, 0.1) is 0 Å². The second-order valence-electron chi connectivity index (χ2n) is 2.69. The maximum atomic E-state index is 4.22. The third-order valence-corrected chi connectivity index (χ3v) is 2.18. The molecule has 1 heterocycles. The van der Waals surface area contributed by atoms with Crippen molar-refractivity contribution in [2.45, 2.75) is 26.8 Å². The van der Waals surface area contributed by atoms with Crippen molar-refractivity contribution in [3.05, 3.63) is 23.5 Å². The van der Waals surface area contributed by atoms with Crippen LogP contribution in [0.25, 0.3) is 0 Å². The number of nitrogens with zero attached hydrogens (tertiary/aromatic N) is 1. The van der Waals surface area contributed by atoms with Gasteiger partial charge in [-0.2, -0.15) is 12.6 Å². The van der Waals surface area contributed by atoms with Crippen LogP contribution in [0.15, 0.2) is 12.1 Å². The average molecular weight is 169 g/mol. The largest absolute Gasteiger partial charge is 0.348 e. The summed E-state index contributed by atoms with van der Waals surface area (Å²) in [7, 11) is 0. The van der Waals surface area contributed by atoms with Crippen molar-refractivity contribution in [2.75, 3.05) is 5.75 Å². The van der Waals surface area contributed by atoms with Crippen molar-refractivity contribution >= 4 is 12.6 Å². The van der Waals surface area contributed by atoms with E-state index in [0.717, 1.165) is 18.7 Å². The molecule has 0 bridgehead atoms. The quantitative estimate of drug-likeness (QED) is 0.662. The highest BCUT2D eigenvalue weighted by Gasteiger charge is 2.00. The van der Waals surface area contributed by atoms with Gasteiger partial charge >= 0.3 is 0 Å². The molecule has 0 amide bonds. The second kappa shape index (κ2) is 3.86. The van der Waals surface area contributed by atoms with Crippen LogP contribution in [0.1, 0.15) is 18.3 Å². The molecule has 0 fully saturated rings. The summed E-state index contributed by atoms with van der Waals surface area (Å²) in [4.78, 5) is 0. The lowest BCUT2D eigenvalue weighted by molar-refractivity contribution is 0.708. The highest BCUT2D eigenvalue weighted by atomic mass is 32.1. The molecule has 0 aromatic carbocycles. The molecule has 1 aromatic heterocycles. The maximum absolute atomic E-state index is 4.22. The molecule has 62 valence electrons. The normalized spacial score (nSPS) is 10.5. The SMILES string of the molecule is CCc1ccc(C)n1CCS. The van der Waals surface area contributed by atoms with Gasteiger partial charge in [0.25, 0.3) is 0 Å². The minimum atomic E-state index is 0.919. The molecular weight excluding hydrogens is 154 g/mol. The van der Waals surface area contributed by atoms with Crippen LogP contribution in [0.2, 0.25) is 0 Å². The number of aromatic nitrogens is 1. The summed E-state index contributed by atoms with van der Waals surface area (Å²) < 4.78 is 2.33. The number of rotatable bonds is 3. The van der Waals surface area contributed by atoms with E-state index in [9.17, 15) is 0 Å². The van der Waals surface area contributed by atoms with E-state index in [0.29, 0.717) is 0 Å². The summed E-state index contributed by atoms with van der Waals surface area (Å²) >= 11 is 4.22. The van der Waals surface area contributed by atoms with Crippen molar-refractivity contribution in [1.82, 2.24) is 4.57 Å². The Morgan fingerprint density at radius 2 is 2.18 bits per heavy atom. The molecule has 11 heavy (non-hydrogen) atoms.